The molecule has 0 aromatic heterocycles. The van der Waals surface area contributed by atoms with Gasteiger partial charge in [0, 0.05) is 34.5 Å². The van der Waals surface area contributed by atoms with Crippen molar-refractivity contribution < 1.29 is 22.5 Å². The van der Waals surface area contributed by atoms with Crippen molar-refractivity contribution in [3.8, 4) is 0 Å². The zero-order valence-electron chi connectivity index (χ0n) is 11.7. The molecule has 2 atom stereocenters. The molecule has 0 aliphatic heterocycles. The van der Waals surface area contributed by atoms with Gasteiger partial charge in [0.25, 0.3) is 0 Å². The van der Waals surface area contributed by atoms with Crippen LogP contribution in [0, 0.1) is 0 Å². The summed E-state index contributed by atoms with van der Waals surface area (Å²) >= 11 is 0. The molecule has 1 aromatic carbocycles. The fourth-order valence-electron chi connectivity index (χ4n) is 1.58. The van der Waals surface area contributed by atoms with Crippen LogP contribution in [0.15, 0.2) is 23.1 Å². The molecular formula is C12H18N2O5S2. The molecule has 9 heteroatoms. The number of nitrogens with two attached hydrogens (primary N) is 1. The summed E-state index contributed by atoms with van der Waals surface area (Å²) in [5.41, 5.74) is 5.33. The molecule has 0 spiro atoms. The Hall–Kier alpha value is -1.45. The number of benzene rings is 1. The van der Waals surface area contributed by atoms with Gasteiger partial charge in [-0.1, -0.05) is 6.92 Å². The minimum Gasteiger partial charge on any atom is -0.478 e. The standard InChI is InChI=1S/C12H18N2O5S2/c1-8(20(2)17)5-6-14-21(18,19)11-7-9(13)3-4-10(11)12(15)16/h3-4,7-8,14H,5-6,13H2,1-2H3,(H,15,16). The number of hydrogen-bond donors (Lipinski definition) is 3. The van der Waals surface area contributed by atoms with Crippen LogP contribution in [0.25, 0.3) is 0 Å². The highest BCUT2D eigenvalue weighted by atomic mass is 32.2. The van der Waals surface area contributed by atoms with Crippen LogP contribution in [0.4, 0.5) is 5.69 Å². The highest BCUT2D eigenvalue weighted by Gasteiger charge is 2.22. The molecule has 1 rings (SSSR count). The first-order valence-electron chi connectivity index (χ1n) is 6.10. The first kappa shape index (κ1) is 17.6. The molecule has 0 heterocycles. The molecule has 0 amide bonds. The number of nitrogen functional groups attached to an aromatic ring is 1. The molecule has 0 radical (unpaired) electrons. The molecule has 0 fully saturated rings. The van der Waals surface area contributed by atoms with Crippen molar-refractivity contribution >= 4 is 32.5 Å². The lowest BCUT2D eigenvalue weighted by atomic mass is 10.2. The van der Waals surface area contributed by atoms with E-state index < -0.39 is 26.8 Å². The number of carboxylic acid groups (broad SMARTS) is 1. The summed E-state index contributed by atoms with van der Waals surface area (Å²) in [6.45, 7) is 1.81. The number of carboxylic acids is 1. The topological polar surface area (TPSA) is 127 Å². The highest BCUT2D eigenvalue weighted by molar-refractivity contribution is 7.89. The number of hydrogen-bond acceptors (Lipinski definition) is 5. The maximum atomic E-state index is 12.2. The smallest absolute Gasteiger partial charge is 0.337 e. The van der Waals surface area contributed by atoms with E-state index in [9.17, 15) is 17.4 Å². The first-order valence-corrected chi connectivity index (χ1v) is 9.20. The number of sulfonamides is 1. The number of aromatic carboxylic acids is 1. The molecule has 7 nitrogen and oxygen atoms in total. The largest absolute Gasteiger partial charge is 0.478 e. The van der Waals surface area contributed by atoms with Crippen molar-refractivity contribution in [2.45, 2.75) is 23.5 Å². The number of carbonyl (C=O) groups is 1. The van der Waals surface area contributed by atoms with Crippen molar-refractivity contribution in [1.29, 1.82) is 0 Å². The fourth-order valence-corrected chi connectivity index (χ4v) is 3.31. The second-order valence-corrected chi connectivity index (χ2v) is 8.09. The van der Waals surface area contributed by atoms with E-state index in [1.807, 2.05) is 0 Å². The minimum absolute atomic E-state index is 0.0664. The zero-order chi connectivity index (χ0) is 16.2. The van der Waals surface area contributed by atoms with Crippen molar-refractivity contribution in [2.75, 3.05) is 18.5 Å². The van der Waals surface area contributed by atoms with Crippen molar-refractivity contribution in [2.24, 2.45) is 0 Å². The number of nitrogens with one attached hydrogen (secondary N) is 1. The van der Waals surface area contributed by atoms with Gasteiger partial charge < -0.3 is 10.8 Å². The Kier molecular flexibility index (Phi) is 5.87. The first-order chi connectivity index (χ1) is 9.65. The summed E-state index contributed by atoms with van der Waals surface area (Å²) in [7, 11) is -5.04. The molecule has 0 bridgehead atoms. The second kappa shape index (κ2) is 7.01. The van der Waals surface area contributed by atoms with Crippen LogP contribution in [0.1, 0.15) is 23.7 Å². The molecule has 4 N–H and O–H groups in total. The van der Waals surface area contributed by atoms with Gasteiger partial charge in [0.05, 0.1) is 10.5 Å². The van der Waals surface area contributed by atoms with Gasteiger partial charge in [0.15, 0.2) is 0 Å². The van der Waals surface area contributed by atoms with Gasteiger partial charge in [0.1, 0.15) is 0 Å². The van der Waals surface area contributed by atoms with Crippen molar-refractivity contribution in [3.05, 3.63) is 23.8 Å². The summed E-state index contributed by atoms with van der Waals surface area (Å²) in [6, 6.07) is 3.58. The van der Waals surface area contributed by atoms with Gasteiger partial charge in [-0.15, -0.1) is 0 Å². The van der Waals surface area contributed by atoms with Crippen LogP contribution in [0.2, 0.25) is 0 Å². The van der Waals surface area contributed by atoms with Crippen LogP contribution >= 0.6 is 0 Å². The predicted molar refractivity (Wildman–Crippen MR) is 81.1 cm³/mol. The SMILES string of the molecule is CC(CCNS(=O)(=O)c1cc(N)ccc1C(=O)O)S(C)=O. The lowest BCUT2D eigenvalue weighted by Gasteiger charge is -2.12. The summed E-state index contributed by atoms with van der Waals surface area (Å²) in [6.07, 6.45) is 1.92. The van der Waals surface area contributed by atoms with Gasteiger partial charge in [-0.3, -0.25) is 4.21 Å². The maximum Gasteiger partial charge on any atom is 0.337 e. The summed E-state index contributed by atoms with van der Waals surface area (Å²) in [5.74, 6) is -1.35. The molecule has 118 valence electrons. The van der Waals surface area contributed by atoms with Gasteiger partial charge in [-0.05, 0) is 24.6 Å². The van der Waals surface area contributed by atoms with E-state index in [0.717, 1.165) is 12.1 Å². The van der Waals surface area contributed by atoms with E-state index >= 15 is 0 Å². The Balaban J connectivity index is 2.95. The van der Waals surface area contributed by atoms with Crippen LogP contribution in [0.5, 0.6) is 0 Å². The molecule has 0 aliphatic carbocycles. The van der Waals surface area contributed by atoms with Gasteiger partial charge in [-0.25, -0.2) is 17.9 Å². The summed E-state index contributed by atoms with van der Waals surface area (Å²) in [4.78, 5) is 10.7. The van der Waals surface area contributed by atoms with Crippen LogP contribution in [-0.4, -0.2) is 41.8 Å². The molecule has 0 aliphatic rings. The number of rotatable bonds is 7. The monoisotopic (exact) mass is 334 g/mol. The quantitative estimate of drug-likeness (QED) is 0.620. The third-order valence-electron chi connectivity index (χ3n) is 2.94. The maximum absolute atomic E-state index is 12.2. The van der Waals surface area contributed by atoms with Crippen LogP contribution in [-0.2, 0) is 20.8 Å². The second-order valence-electron chi connectivity index (χ2n) is 4.56. The normalized spacial score (nSPS) is 14.6. The third-order valence-corrected chi connectivity index (χ3v) is 5.81. The predicted octanol–water partition coefficient (Wildman–Crippen LogP) is 0.402. The van der Waals surface area contributed by atoms with Gasteiger partial charge >= 0.3 is 5.97 Å². The Labute approximate surface area is 126 Å². The average Bonchev–Trinajstić information content (AvgIpc) is 2.37. The summed E-state index contributed by atoms with van der Waals surface area (Å²) in [5, 5.41) is 8.87. The molecule has 0 saturated heterocycles. The Bertz CT molecular complexity index is 658. The molecule has 1 aromatic rings. The van der Waals surface area contributed by atoms with Crippen LogP contribution < -0.4 is 10.5 Å². The van der Waals surface area contributed by atoms with E-state index in [1.54, 1.807) is 13.2 Å². The minimum atomic E-state index is -3.99. The van der Waals surface area contributed by atoms with E-state index in [0.29, 0.717) is 6.42 Å². The summed E-state index contributed by atoms with van der Waals surface area (Å²) < 4.78 is 37.8. The van der Waals surface area contributed by atoms with E-state index in [1.165, 1.54) is 6.07 Å². The highest BCUT2D eigenvalue weighted by Crippen LogP contribution is 2.19. The van der Waals surface area contributed by atoms with Crippen LogP contribution in [0.3, 0.4) is 0 Å². The lowest BCUT2D eigenvalue weighted by Crippen LogP contribution is -2.29. The van der Waals surface area contributed by atoms with E-state index in [-0.39, 0.29) is 27.9 Å². The molecular weight excluding hydrogens is 316 g/mol. The lowest BCUT2D eigenvalue weighted by molar-refractivity contribution is 0.0692. The van der Waals surface area contributed by atoms with Crippen molar-refractivity contribution in [3.63, 3.8) is 0 Å². The molecule has 21 heavy (non-hydrogen) atoms. The van der Waals surface area contributed by atoms with Crippen molar-refractivity contribution in [1.82, 2.24) is 4.72 Å². The van der Waals surface area contributed by atoms with Gasteiger partial charge in [-0.2, -0.15) is 0 Å². The third kappa shape index (κ3) is 4.80. The Morgan fingerprint density at radius 2 is 2.10 bits per heavy atom. The zero-order valence-corrected chi connectivity index (χ0v) is 13.3. The molecule has 2 unspecified atom stereocenters. The fraction of sp³-hybridized carbons (Fsp3) is 0.417. The van der Waals surface area contributed by atoms with Gasteiger partial charge in [0.2, 0.25) is 10.0 Å². The number of anilines is 1. The average molecular weight is 334 g/mol. The van der Waals surface area contributed by atoms with E-state index in [4.69, 9.17) is 10.8 Å². The molecule has 0 saturated carbocycles. The van der Waals surface area contributed by atoms with E-state index in [2.05, 4.69) is 4.72 Å². The Morgan fingerprint density at radius 1 is 1.48 bits per heavy atom. The Morgan fingerprint density at radius 3 is 2.62 bits per heavy atom.